The summed E-state index contributed by atoms with van der Waals surface area (Å²) in [6.45, 7) is 0.314. The Kier molecular flexibility index (Phi) is 14.5. The minimum Gasteiger partial charge on any atom is -0.396 e. The lowest BCUT2D eigenvalue weighted by Crippen LogP contribution is -2.24. The minimum absolute atomic E-state index is 0.212. The Hall–Kier alpha value is -1.61. The number of rotatable bonds is 16. The molecular weight excluding hydrogens is 322 g/mol. The predicted molar refractivity (Wildman–Crippen MR) is 111 cm³/mol. The Labute approximate surface area is 160 Å². The maximum absolute atomic E-state index is 11.5. The Morgan fingerprint density at radius 3 is 1.85 bits per heavy atom. The van der Waals surface area contributed by atoms with E-state index in [1.54, 1.807) is 0 Å². The van der Waals surface area contributed by atoms with Crippen LogP contribution in [0.2, 0.25) is 0 Å². The molecule has 26 heavy (non-hydrogen) atoms. The van der Waals surface area contributed by atoms with Crippen LogP contribution in [0.5, 0.6) is 0 Å². The van der Waals surface area contributed by atoms with Crippen LogP contribution in [0.3, 0.4) is 0 Å². The normalized spacial score (nSPS) is 15.1. The standard InChI is InChI=1S/C23H37NO2/c25-21-17-15-13-11-9-7-5-3-1-2-4-6-8-10-12-14-16-18-23(26)24-22-19-20-22/h1,3-4,6-7,9-10,12,22,25H,2,5,8,11,13-21H2,(H,24,26)/b3-1-,6-4-,9-7-,12-10-. The van der Waals surface area contributed by atoms with E-state index in [9.17, 15) is 4.79 Å². The first-order valence-electron chi connectivity index (χ1n) is 10.3. The van der Waals surface area contributed by atoms with E-state index >= 15 is 0 Å². The Balaban J connectivity index is 1.85. The number of allylic oxidation sites excluding steroid dienone is 8. The summed E-state index contributed by atoms with van der Waals surface area (Å²) in [6.07, 6.45) is 29.8. The average molecular weight is 360 g/mol. The summed E-state index contributed by atoms with van der Waals surface area (Å²) < 4.78 is 0. The van der Waals surface area contributed by atoms with Gasteiger partial charge in [-0.25, -0.2) is 0 Å². The molecule has 0 heterocycles. The lowest BCUT2D eigenvalue weighted by molar-refractivity contribution is -0.121. The van der Waals surface area contributed by atoms with Gasteiger partial charge >= 0.3 is 0 Å². The van der Waals surface area contributed by atoms with Crippen LogP contribution in [-0.4, -0.2) is 23.7 Å². The molecule has 1 aliphatic carbocycles. The van der Waals surface area contributed by atoms with Crippen LogP contribution in [0.25, 0.3) is 0 Å². The molecule has 1 saturated carbocycles. The van der Waals surface area contributed by atoms with Crippen LogP contribution in [0.4, 0.5) is 0 Å². The van der Waals surface area contributed by atoms with Crippen molar-refractivity contribution < 1.29 is 9.90 Å². The van der Waals surface area contributed by atoms with Crippen molar-refractivity contribution in [2.45, 2.75) is 83.1 Å². The number of carbonyl (C=O) groups excluding carboxylic acids is 1. The summed E-state index contributed by atoms with van der Waals surface area (Å²) in [5.74, 6) is 0.212. The van der Waals surface area contributed by atoms with Crippen LogP contribution >= 0.6 is 0 Å². The quantitative estimate of drug-likeness (QED) is 0.287. The van der Waals surface area contributed by atoms with Crippen LogP contribution < -0.4 is 5.32 Å². The first kappa shape index (κ1) is 22.4. The van der Waals surface area contributed by atoms with Crippen molar-refractivity contribution >= 4 is 5.91 Å². The van der Waals surface area contributed by atoms with Gasteiger partial charge < -0.3 is 10.4 Å². The maximum Gasteiger partial charge on any atom is 0.220 e. The summed E-state index contributed by atoms with van der Waals surface area (Å²) in [7, 11) is 0. The van der Waals surface area contributed by atoms with E-state index in [1.807, 2.05) is 0 Å². The highest BCUT2D eigenvalue weighted by Crippen LogP contribution is 2.18. The minimum atomic E-state index is 0.212. The van der Waals surface area contributed by atoms with Gasteiger partial charge in [-0.1, -0.05) is 55.0 Å². The molecule has 2 N–H and O–H groups in total. The molecule has 0 aromatic rings. The Morgan fingerprint density at radius 1 is 0.769 bits per heavy atom. The van der Waals surface area contributed by atoms with Crippen molar-refractivity contribution in [1.82, 2.24) is 5.32 Å². The lowest BCUT2D eigenvalue weighted by Gasteiger charge is -2.00. The fraction of sp³-hybridized carbons (Fsp3) is 0.609. The molecule has 1 rings (SSSR count). The van der Waals surface area contributed by atoms with Gasteiger partial charge in [0, 0.05) is 19.1 Å². The van der Waals surface area contributed by atoms with Gasteiger partial charge in [0.25, 0.3) is 0 Å². The molecule has 3 heteroatoms. The van der Waals surface area contributed by atoms with Crippen LogP contribution in [-0.2, 0) is 4.79 Å². The van der Waals surface area contributed by atoms with Crippen LogP contribution in [0.1, 0.15) is 77.0 Å². The topological polar surface area (TPSA) is 49.3 Å². The molecule has 0 aromatic heterocycles. The average Bonchev–Trinajstić information content (AvgIpc) is 3.44. The highest BCUT2D eigenvalue weighted by molar-refractivity contribution is 5.76. The van der Waals surface area contributed by atoms with E-state index in [0.717, 1.165) is 64.2 Å². The number of unbranched alkanes of at least 4 members (excludes halogenated alkanes) is 4. The molecule has 3 nitrogen and oxygen atoms in total. The molecular formula is C23H37NO2. The molecule has 0 atom stereocenters. The summed E-state index contributed by atoms with van der Waals surface area (Å²) in [5.41, 5.74) is 0. The number of amides is 1. The number of hydrogen-bond acceptors (Lipinski definition) is 2. The van der Waals surface area contributed by atoms with Gasteiger partial charge in [0.2, 0.25) is 5.91 Å². The molecule has 1 aliphatic rings. The molecule has 0 radical (unpaired) electrons. The molecule has 0 aromatic carbocycles. The van der Waals surface area contributed by atoms with Crippen molar-refractivity contribution in [3.8, 4) is 0 Å². The van der Waals surface area contributed by atoms with E-state index in [4.69, 9.17) is 5.11 Å². The first-order chi connectivity index (χ1) is 12.8. The van der Waals surface area contributed by atoms with Gasteiger partial charge in [0.15, 0.2) is 0 Å². The second-order valence-electron chi connectivity index (χ2n) is 6.90. The molecule has 1 fully saturated rings. The van der Waals surface area contributed by atoms with Crippen molar-refractivity contribution in [2.24, 2.45) is 0 Å². The Morgan fingerprint density at radius 2 is 1.31 bits per heavy atom. The zero-order valence-corrected chi connectivity index (χ0v) is 16.2. The van der Waals surface area contributed by atoms with E-state index in [2.05, 4.69) is 53.9 Å². The van der Waals surface area contributed by atoms with Crippen molar-refractivity contribution in [1.29, 1.82) is 0 Å². The second-order valence-corrected chi connectivity index (χ2v) is 6.90. The largest absolute Gasteiger partial charge is 0.396 e. The van der Waals surface area contributed by atoms with Gasteiger partial charge in [-0.05, 0) is 64.2 Å². The third-order valence-electron chi connectivity index (χ3n) is 4.23. The van der Waals surface area contributed by atoms with Gasteiger partial charge in [-0.3, -0.25) is 4.79 Å². The number of nitrogens with one attached hydrogen (secondary N) is 1. The fourth-order valence-electron chi connectivity index (χ4n) is 2.51. The third kappa shape index (κ3) is 15.9. The zero-order valence-electron chi connectivity index (χ0n) is 16.2. The molecule has 0 bridgehead atoms. The summed E-state index contributed by atoms with van der Waals surface area (Å²) in [5, 5.41) is 11.7. The maximum atomic E-state index is 11.5. The predicted octanol–water partition coefficient (Wildman–Crippen LogP) is 5.38. The van der Waals surface area contributed by atoms with Crippen LogP contribution in [0.15, 0.2) is 48.6 Å². The summed E-state index contributed by atoms with van der Waals surface area (Å²) >= 11 is 0. The monoisotopic (exact) mass is 359 g/mol. The van der Waals surface area contributed by atoms with Crippen molar-refractivity contribution in [3.63, 3.8) is 0 Å². The number of hydrogen-bond donors (Lipinski definition) is 2. The number of aliphatic hydroxyl groups is 1. The first-order valence-corrected chi connectivity index (χ1v) is 10.3. The molecule has 146 valence electrons. The molecule has 0 aliphatic heterocycles. The highest BCUT2D eigenvalue weighted by Gasteiger charge is 2.22. The molecule has 0 unspecified atom stereocenters. The van der Waals surface area contributed by atoms with E-state index in [0.29, 0.717) is 19.1 Å². The fourth-order valence-corrected chi connectivity index (χ4v) is 2.51. The van der Waals surface area contributed by atoms with E-state index < -0.39 is 0 Å². The van der Waals surface area contributed by atoms with Crippen molar-refractivity contribution in [3.05, 3.63) is 48.6 Å². The number of aliphatic hydroxyl groups excluding tert-OH is 1. The number of carbonyl (C=O) groups is 1. The summed E-state index contributed by atoms with van der Waals surface area (Å²) in [6, 6.07) is 0.482. The van der Waals surface area contributed by atoms with Crippen molar-refractivity contribution in [2.75, 3.05) is 6.61 Å². The van der Waals surface area contributed by atoms with Crippen LogP contribution in [0, 0.1) is 0 Å². The highest BCUT2D eigenvalue weighted by atomic mass is 16.2. The smallest absolute Gasteiger partial charge is 0.220 e. The molecule has 0 saturated heterocycles. The van der Waals surface area contributed by atoms with Gasteiger partial charge in [-0.2, -0.15) is 0 Å². The van der Waals surface area contributed by atoms with E-state index in [1.165, 1.54) is 6.42 Å². The lowest BCUT2D eigenvalue weighted by atomic mass is 10.2. The van der Waals surface area contributed by atoms with E-state index in [-0.39, 0.29) is 5.91 Å². The third-order valence-corrected chi connectivity index (χ3v) is 4.23. The zero-order chi connectivity index (χ0) is 18.7. The molecule has 1 amide bonds. The Bertz CT molecular complexity index is 459. The SMILES string of the molecule is O=C(CCC/C=C\C/C=C\C/C=C\C/C=C\CCCCCO)NC1CC1. The summed E-state index contributed by atoms with van der Waals surface area (Å²) in [4.78, 5) is 11.5. The van der Waals surface area contributed by atoms with Gasteiger partial charge in [-0.15, -0.1) is 0 Å². The van der Waals surface area contributed by atoms with Gasteiger partial charge in [0.1, 0.15) is 0 Å². The van der Waals surface area contributed by atoms with Gasteiger partial charge in [0.05, 0.1) is 0 Å². The second kappa shape index (κ2) is 16.8. The molecule has 0 spiro atoms.